The lowest BCUT2D eigenvalue weighted by molar-refractivity contribution is -0.148. The van der Waals surface area contributed by atoms with Crippen LogP contribution in [0.25, 0.3) is 0 Å². The molecule has 37 heavy (non-hydrogen) atoms. The van der Waals surface area contributed by atoms with Crippen LogP contribution in [0.3, 0.4) is 0 Å². The molecule has 4 aliphatic heterocycles. The van der Waals surface area contributed by atoms with Crippen molar-refractivity contribution in [2.24, 2.45) is 11.8 Å². The summed E-state index contributed by atoms with van der Waals surface area (Å²) in [6.07, 6.45) is 9.41. The number of carbonyl (C=O) groups excluding carboxylic acids is 3. The van der Waals surface area contributed by atoms with E-state index < -0.39 is 29.1 Å². The summed E-state index contributed by atoms with van der Waals surface area (Å²) in [6, 6.07) is 6.10. The molecule has 5 atom stereocenters. The molecular formula is C28H34ClN3O5. The van der Waals surface area contributed by atoms with Crippen molar-refractivity contribution in [3.8, 4) is 0 Å². The summed E-state index contributed by atoms with van der Waals surface area (Å²) in [7, 11) is 0. The third kappa shape index (κ3) is 4.10. The molecule has 198 valence electrons. The van der Waals surface area contributed by atoms with Gasteiger partial charge in [0.2, 0.25) is 11.8 Å². The summed E-state index contributed by atoms with van der Waals surface area (Å²) in [4.78, 5) is 47.4. The van der Waals surface area contributed by atoms with Gasteiger partial charge in [-0.25, -0.2) is 0 Å². The number of likely N-dealkylation sites (tertiary alicyclic amines) is 1. The number of carbonyl (C=O) groups is 3. The molecule has 0 bridgehead atoms. The van der Waals surface area contributed by atoms with Crippen molar-refractivity contribution in [1.82, 2.24) is 9.80 Å². The van der Waals surface area contributed by atoms with Crippen molar-refractivity contribution in [2.45, 2.75) is 50.4 Å². The van der Waals surface area contributed by atoms with E-state index in [0.29, 0.717) is 49.7 Å². The first kappa shape index (κ1) is 25.9. The molecule has 3 amide bonds. The lowest BCUT2D eigenvalue weighted by atomic mass is 9.74. The number of benzene rings is 1. The third-order valence-corrected chi connectivity index (χ3v) is 8.33. The van der Waals surface area contributed by atoms with Crippen molar-refractivity contribution >= 4 is 35.0 Å². The Morgan fingerprint density at radius 1 is 0.973 bits per heavy atom. The molecule has 1 aromatic carbocycles. The molecule has 1 N–H and O–H groups in total. The van der Waals surface area contributed by atoms with Gasteiger partial charge in [0.1, 0.15) is 11.6 Å². The van der Waals surface area contributed by atoms with Crippen LogP contribution in [-0.2, 0) is 19.1 Å². The minimum absolute atomic E-state index is 0.00152. The van der Waals surface area contributed by atoms with E-state index in [4.69, 9.17) is 16.3 Å². The fourth-order valence-corrected chi connectivity index (χ4v) is 6.66. The van der Waals surface area contributed by atoms with E-state index >= 15 is 0 Å². The van der Waals surface area contributed by atoms with Crippen molar-refractivity contribution in [3.63, 3.8) is 0 Å². The van der Waals surface area contributed by atoms with Gasteiger partial charge in [-0.05, 0) is 50.5 Å². The number of aliphatic hydroxyl groups is 1. The minimum Gasteiger partial charge on any atom is -0.396 e. The second-order valence-electron chi connectivity index (χ2n) is 10.5. The van der Waals surface area contributed by atoms with E-state index in [1.54, 1.807) is 39.0 Å². The van der Waals surface area contributed by atoms with Crippen LogP contribution in [0.2, 0.25) is 5.02 Å². The fraction of sp³-hybridized carbons (Fsp3) is 0.536. The lowest BCUT2D eigenvalue weighted by Crippen LogP contribution is -2.56. The highest BCUT2D eigenvalue weighted by atomic mass is 35.5. The topological polar surface area (TPSA) is 90.4 Å². The molecule has 1 spiro atoms. The largest absolute Gasteiger partial charge is 0.396 e. The van der Waals surface area contributed by atoms with Crippen LogP contribution in [0.4, 0.5) is 5.69 Å². The highest BCUT2D eigenvalue weighted by Crippen LogP contribution is 2.57. The Morgan fingerprint density at radius 3 is 2.41 bits per heavy atom. The maximum absolute atomic E-state index is 14.3. The summed E-state index contributed by atoms with van der Waals surface area (Å²) in [5, 5.41) is 9.92. The Balaban J connectivity index is 1.61. The van der Waals surface area contributed by atoms with Gasteiger partial charge in [0.15, 0.2) is 0 Å². The first-order valence-corrected chi connectivity index (χ1v) is 13.5. The zero-order valence-corrected chi connectivity index (χ0v) is 22.1. The highest BCUT2D eigenvalue weighted by molar-refractivity contribution is 6.30. The van der Waals surface area contributed by atoms with Gasteiger partial charge in [-0.15, -0.1) is 0 Å². The normalized spacial score (nSPS) is 32.9. The van der Waals surface area contributed by atoms with Crippen molar-refractivity contribution < 1.29 is 24.2 Å². The summed E-state index contributed by atoms with van der Waals surface area (Å²) < 4.78 is 6.80. The Bertz CT molecular complexity index is 1140. The molecule has 0 radical (unpaired) electrons. The van der Waals surface area contributed by atoms with Crippen molar-refractivity contribution in [3.05, 3.63) is 53.6 Å². The van der Waals surface area contributed by atoms with Crippen LogP contribution in [0.15, 0.2) is 48.6 Å². The third-order valence-electron chi connectivity index (χ3n) is 8.08. The highest BCUT2D eigenvalue weighted by Gasteiger charge is 2.74. The van der Waals surface area contributed by atoms with Crippen molar-refractivity contribution in [1.29, 1.82) is 0 Å². The van der Waals surface area contributed by atoms with Gasteiger partial charge >= 0.3 is 0 Å². The molecule has 2 fully saturated rings. The van der Waals surface area contributed by atoms with Gasteiger partial charge in [-0.3, -0.25) is 14.4 Å². The minimum atomic E-state index is -1.27. The second-order valence-corrected chi connectivity index (χ2v) is 10.9. The smallest absolute Gasteiger partial charge is 0.253 e. The molecule has 2 saturated heterocycles. The number of hydrogen-bond donors (Lipinski definition) is 1. The summed E-state index contributed by atoms with van der Waals surface area (Å²) in [5.41, 5.74) is -1.62. The number of rotatable bonds is 7. The first-order valence-electron chi connectivity index (χ1n) is 13.1. The van der Waals surface area contributed by atoms with Gasteiger partial charge in [-0.2, -0.15) is 0 Å². The predicted octanol–water partition coefficient (Wildman–Crippen LogP) is 2.79. The monoisotopic (exact) mass is 527 g/mol. The molecule has 5 rings (SSSR count). The Hall–Kier alpha value is -2.68. The number of ether oxygens (including phenoxy) is 1. The number of hydrogen-bond acceptors (Lipinski definition) is 5. The van der Waals surface area contributed by atoms with Gasteiger partial charge < -0.3 is 24.5 Å². The molecule has 1 aromatic rings. The summed E-state index contributed by atoms with van der Waals surface area (Å²) >= 11 is 6.09. The molecule has 9 heteroatoms. The lowest BCUT2D eigenvalue weighted by Gasteiger charge is -2.37. The zero-order valence-electron chi connectivity index (χ0n) is 21.3. The maximum atomic E-state index is 14.3. The van der Waals surface area contributed by atoms with E-state index in [1.807, 2.05) is 38.2 Å². The molecule has 0 saturated carbocycles. The SMILES string of the molecule is CCCN1CC=C[C@]2(C)O[C@]34C=CCN(c5ccc(Cl)cc5)C(=O)C3N(CCCCO)C(=O)[C@@H]4[C@@H]2C1=O. The number of nitrogens with zero attached hydrogens (tertiary/aromatic N) is 3. The van der Waals surface area contributed by atoms with Gasteiger partial charge in [0.25, 0.3) is 5.91 Å². The average molecular weight is 528 g/mol. The first-order chi connectivity index (χ1) is 17.8. The quantitative estimate of drug-likeness (QED) is 0.435. The van der Waals surface area contributed by atoms with Crippen LogP contribution < -0.4 is 4.90 Å². The standard InChI is InChI=1S/C28H34ClN3O5/c1-3-14-30-15-6-12-27(2)21(24(30)34)22-25(35)32(16-4-5-18-33)23-26(36)31(17-7-13-28(22,23)37-27)20-10-8-19(29)9-11-20/h6-13,21-23,33H,3-5,14-18H2,1-2H3/t21-,22+,23?,27+,28+/m1/s1. The van der Waals surface area contributed by atoms with Crippen molar-refractivity contribution in [2.75, 3.05) is 37.7 Å². The molecule has 8 nitrogen and oxygen atoms in total. The second kappa shape index (κ2) is 9.89. The van der Waals surface area contributed by atoms with Crippen LogP contribution in [0.1, 0.15) is 33.1 Å². The number of fused-ring (bicyclic) bond motifs is 2. The number of amides is 3. The van der Waals surface area contributed by atoms with Gasteiger partial charge in [-0.1, -0.05) is 42.8 Å². The maximum Gasteiger partial charge on any atom is 0.253 e. The molecule has 0 aromatic heterocycles. The summed E-state index contributed by atoms with van der Waals surface area (Å²) in [6.45, 7) is 5.54. The fourth-order valence-electron chi connectivity index (χ4n) is 6.53. The number of unbranched alkanes of at least 4 members (excludes halogenated alkanes) is 1. The molecule has 1 unspecified atom stereocenters. The van der Waals surface area contributed by atoms with Crippen LogP contribution in [-0.4, -0.2) is 82.7 Å². The number of halogens is 1. The predicted molar refractivity (Wildman–Crippen MR) is 140 cm³/mol. The van der Waals surface area contributed by atoms with Crippen LogP contribution in [0, 0.1) is 11.8 Å². The van der Waals surface area contributed by atoms with E-state index in [2.05, 4.69) is 0 Å². The molecule has 0 aliphatic carbocycles. The number of anilines is 1. The Morgan fingerprint density at radius 2 is 1.70 bits per heavy atom. The van der Waals surface area contributed by atoms with E-state index in [-0.39, 0.29) is 24.3 Å². The average Bonchev–Trinajstić information content (AvgIpc) is 3.13. The molecule has 4 aliphatic rings. The van der Waals surface area contributed by atoms with E-state index in [9.17, 15) is 19.5 Å². The molecular weight excluding hydrogens is 494 g/mol. The Kier molecular flexibility index (Phi) is 6.94. The van der Waals surface area contributed by atoms with Crippen LogP contribution >= 0.6 is 11.6 Å². The Labute approximate surface area is 222 Å². The number of aliphatic hydroxyl groups excluding tert-OH is 1. The van der Waals surface area contributed by atoms with E-state index in [1.165, 1.54) is 0 Å². The van der Waals surface area contributed by atoms with Gasteiger partial charge in [0, 0.05) is 43.5 Å². The van der Waals surface area contributed by atoms with Crippen LogP contribution in [0.5, 0.6) is 0 Å². The molecule has 4 heterocycles. The summed E-state index contributed by atoms with van der Waals surface area (Å²) in [5.74, 6) is -2.17. The van der Waals surface area contributed by atoms with E-state index in [0.717, 1.165) is 6.42 Å². The zero-order chi connectivity index (χ0) is 26.4. The van der Waals surface area contributed by atoms with Gasteiger partial charge in [0.05, 0.1) is 17.4 Å².